The van der Waals surface area contributed by atoms with Gasteiger partial charge in [0.2, 0.25) is 11.8 Å². The van der Waals surface area contributed by atoms with E-state index in [1.807, 2.05) is 0 Å². The number of nitrogens with zero attached hydrogens (tertiary/aromatic N) is 2. The SMILES string of the molecule is Cc1nc(C2(NC(=O)CCNC(=O)NC34CC5CC(CC(C5)C3)C4)CCCC2)no1. The van der Waals surface area contributed by atoms with Crippen LogP contribution in [0, 0.1) is 24.7 Å². The van der Waals surface area contributed by atoms with Crippen LogP contribution in [0.15, 0.2) is 4.52 Å². The Hall–Kier alpha value is -2.12. The van der Waals surface area contributed by atoms with Crippen LogP contribution >= 0.6 is 0 Å². The second kappa shape index (κ2) is 7.54. The van der Waals surface area contributed by atoms with Crippen LogP contribution in [0.5, 0.6) is 0 Å². The summed E-state index contributed by atoms with van der Waals surface area (Å²) < 4.78 is 5.13. The van der Waals surface area contributed by atoms with Crippen LogP contribution in [0.3, 0.4) is 0 Å². The van der Waals surface area contributed by atoms with Crippen molar-refractivity contribution < 1.29 is 14.1 Å². The Balaban J connectivity index is 1.11. The normalized spacial score (nSPS) is 33.4. The van der Waals surface area contributed by atoms with Crippen LogP contribution in [0.4, 0.5) is 4.79 Å². The molecule has 8 heteroatoms. The molecule has 1 aromatic heterocycles. The molecule has 8 nitrogen and oxygen atoms in total. The minimum atomic E-state index is -0.531. The largest absolute Gasteiger partial charge is 0.343 e. The van der Waals surface area contributed by atoms with Gasteiger partial charge in [0.15, 0.2) is 5.82 Å². The summed E-state index contributed by atoms with van der Waals surface area (Å²) in [5.41, 5.74) is -0.540. The molecule has 0 aliphatic heterocycles. The van der Waals surface area contributed by atoms with Crippen molar-refractivity contribution in [3.63, 3.8) is 0 Å². The molecule has 30 heavy (non-hydrogen) atoms. The fraction of sp³-hybridized carbons (Fsp3) is 0.818. The lowest BCUT2D eigenvalue weighted by atomic mass is 9.53. The molecule has 1 aromatic rings. The first kappa shape index (κ1) is 19.8. The Morgan fingerprint density at radius 3 is 2.23 bits per heavy atom. The number of hydrogen-bond donors (Lipinski definition) is 3. The molecule has 4 bridgehead atoms. The van der Waals surface area contributed by atoms with Gasteiger partial charge in [-0.05, 0) is 69.1 Å². The third-order valence-electron chi connectivity index (χ3n) is 7.85. The van der Waals surface area contributed by atoms with E-state index in [4.69, 9.17) is 4.52 Å². The molecule has 3 amide bonds. The van der Waals surface area contributed by atoms with Gasteiger partial charge < -0.3 is 20.5 Å². The third kappa shape index (κ3) is 3.81. The van der Waals surface area contributed by atoms with Crippen molar-refractivity contribution in [2.45, 2.75) is 88.6 Å². The van der Waals surface area contributed by atoms with E-state index in [9.17, 15) is 9.59 Å². The van der Waals surface area contributed by atoms with Crippen LogP contribution in [-0.2, 0) is 10.3 Å². The molecule has 0 aromatic carbocycles. The Morgan fingerprint density at radius 1 is 1.03 bits per heavy atom. The highest BCUT2D eigenvalue weighted by Crippen LogP contribution is 2.55. The molecule has 3 N–H and O–H groups in total. The predicted octanol–water partition coefficient (Wildman–Crippen LogP) is 2.92. The lowest BCUT2D eigenvalue weighted by molar-refractivity contribution is -0.123. The van der Waals surface area contributed by atoms with Crippen molar-refractivity contribution in [1.29, 1.82) is 0 Å². The van der Waals surface area contributed by atoms with Gasteiger partial charge in [-0.25, -0.2) is 4.79 Å². The van der Waals surface area contributed by atoms with Gasteiger partial charge in [-0.3, -0.25) is 4.79 Å². The summed E-state index contributed by atoms with van der Waals surface area (Å²) in [7, 11) is 0. The number of hydrogen-bond acceptors (Lipinski definition) is 5. The molecular weight excluding hydrogens is 382 g/mol. The van der Waals surface area contributed by atoms with Gasteiger partial charge in [-0.15, -0.1) is 0 Å². The Kier molecular flexibility index (Phi) is 4.98. The van der Waals surface area contributed by atoms with Crippen LogP contribution in [0.1, 0.15) is 82.3 Å². The summed E-state index contributed by atoms with van der Waals surface area (Å²) in [5, 5.41) is 13.4. The fourth-order valence-corrected chi connectivity index (χ4v) is 7.04. The van der Waals surface area contributed by atoms with Crippen molar-refractivity contribution in [3.05, 3.63) is 11.7 Å². The highest BCUT2D eigenvalue weighted by Gasteiger charge is 2.51. The average molecular weight is 416 g/mol. The topological polar surface area (TPSA) is 109 Å². The summed E-state index contributed by atoms with van der Waals surface area (Å²) >= 11 is 0. The highest BCUT2D eigenvalue weighted by molar-refractivity contribution is 5.79. The van der Waals surface area contributed by atoms with E-state index in [0.717, 1.165) is 62.7 Å². The monoisotopic (exact) mass is 415 g/mol. The quantitative estimate of drug-likeness (QED) is 0.662. The van der Waals surface area contributed by atoms with Crippen molar-refractivity contribution in [1.82, 2.24) is 26.1 Å². The number of nitrogens with one attached hydrogen (secondary N) is 3. The summed E-state index contributed by atoms with van der Waals surface area (Å²) in [5.74, 6) is 3.36. The molecule has 0 saturated heterocycles. The van der Waals surface area contributed by atoms with Crippen molar-refractivity contribution in [3.8, 4) is 0 Å². The van der Waals surface area contributed by atoms with E-state index in [0.29, 0.717) is 18.3 Å². The molecule has 5 aliphatic rings. The number of aromatic nitrogens is 2. The summed E-state index contributed by atoms with van der Waals surface area (Å²) in [6.07, 6.45) is 11.4. The molecule has 0 spiro atoms. The molecular formula is C22H33N5O3. The fourth-order valence-electron chi connectivity index (χ4n) is 7.04. The maximum atomic E-state index is 12.6. The maximum Gasteiger partial charge on any atom is 0.315 e. The first-order chi connectivity index (χ1) is 14.4. The van der Waals surface area contributed by atoms with Crippen LogP contribution < -0.4 is 16.0 Å². The number of carbonyl (C=O) groups excluding carboxylic acids is 2. The van der Waals surface area contributed by atoms with Gasteiger partial charge in [-0.2, -0.15) is 4.98 Å². The maximum absolute atomic E-state index is 12.6. The van der Waals surface area contributed by atoms with Gasteiger partial charge in [0, 0.05) is 25.4 Å². The zero-order valence-corrected chi connectivity index (χ0v) is 17.8. The zero-order chi connectivity index (χ0) is 20.8. The average Bonchev–Trinajstić information content (AvgIpc) is 3.30. The van der Waals surface area contributed by atoms with Gasteiger partial charge in [0.1, 0.15) is 5.54 Å². The van der Waals surface area contributed by atoms with E-state index in [2.05, 4.69) is 26.1 Å². The van der Waals surface area contributed by atoms with E-state index >= 15 is 0 Å². The molecule has 1 heterocycles. The zero-order valence-electron chi connectivity index (χ0n) is 17.8. The first-order valence-electron chi connectivity index (χ1n) is 11.6. The first-order valence-corrected chi connectivity index (χ1v) is 11.6. The number of urea groups is 1. The molecule has 0 unspecified atom stereocenters. The lowest BCUT2D eigenvalue weighted by Gasteiger charge is -2.56. The standard InChI is InChI=1S/C22H33N5O3/c1-14-24-19(27-30-14)22(5-2-3-6-22)25-18(28)4-7-23-20(29)26-21-11-15-8-16(12-21)10-17(9-15)13-21/h15-17H,2-13H2,1H3,(H,25,28)(H2,23,26,29). The Bertz CT molecular complexity index is 778. The van der Waals surface area contributed by atoms with Crippen LogP contribution in [-0.4, -0.2) is 34.2 Å². The van der Waals surface area contributed by atoms with Crippen LogP contribution in [0.2, 0.25) is 0 Å². The molecule has 6 rings (SSSR count). The van der Waals surface area contributed by atoms with Gasteiger partial charge in [-0.1, -0.05) is 18.0 Å². The highest BCUT2D eigenvalue weighted by atomic mass is 16.5. The van der Waals surface area contributed by atoms with Crippen LogP contribution in [0.25, 0.3) is 0 Å². The third-order valence-corrected chi connectivity index (χ3v) is 7.85. The predicted molar refractivity (Wildman–Crippen MR) is 109 cm³/mol. The minimum absolute atomic E-state index is 0.00845. The number of rotatable bonds is 6. The van der Waals surface area contributed by atoms with E-state index < -0.39 is 5.54 Å². The van der Waals surface area contributed by atoms with E-state index in [-0.39, 0.29) is 23.9 Å². The molecule has 164 valence electrons. The van der Waals surface area contributed by atoms with Gasteiger partial charge in [0.05, 0.1) is 0 Å². The van der Waals surface area contributed by atoms with E-state index in [1.54, 1.807) is 6.92 Å². The summed E-state index contributed by atoms with van der Waals surface area (Å²) in [6, 6.07) is -0.130. The minimum Gasteiger partial charge on any atom is -0.343 e. The summed E-state index contributed by atoms with van der Waals surface area (Å²) in [6.45, 7) is 2.08. The smallest absolute Gasteiger partial charge is 0.315 e. The van der Waals surface area contributed by atoms with Crippen molar-refractivity contribution in [2.24, 2.45) is 17.8 Å². The van der Waals surface area contributed by atoms with Crippen molar-refractivity contribution >= 4 is 11.9 Å². The lowest BCUT2D eigenvalue weighted by Crippen LogP contribution is -2.61. The molecule has 5 fully saturated rings. The second-order valence-electron chi connectivity index (χ2n) is 10.3. The van der Waals surface area contributed by atoms with Gasteiger partial charge in [0.25, 0.3) is 0 Å². The summed E-state index contributed by atoms with van der Waals surface area (Å²) in [4.78, 5) is 29.5. The van der Waals surface area contributed by atoms with E-state index in [1.165, 1.54) is 19.3 Å². The van der Waals surface area contributed by atoms with Crippen molar-refractivity contribution in [2.75, 3.05) is 6.54 Å². The number of carbonyl (C=O) groups is 2. The number of aryl methyl sites for hydroxylation is 1. The molecule has 5 saturated carbocycles. The second-order valence-corrected chi connectivity index (χ2v) is 10.3. The Labute approximate surface area is 177 Å². The Morgan fingerprint density at radius 2 is 1.67 bits per heavy atom. The van der Waals surface area contributed by atoms with Gasteiger partial charge >= 0.3 is 6.03 Å². The molecule has 0 atom stereocenters. The molecule has 0 radical (unpaired) electrons. The number of amides is 3. The molecule has 5 aliphatic carbocycles.